The smallest absolute Gasteiger partial charge is 0.217 e. The maximum atomic E-state index is 12.2. The summed E-state index contributed by atoms with van der Waals surface area (Å²) in [5, 5.41) is -0.468. The Morgan fingerprint density at radius 3 is 2.59 bits per heavy atom. The van der Waals surface area contributed by atoms with Crippen molar-refractivity contribution in [3.05, 3.63) is 29.8 Å². The van der Waals surface area contributed by atoms with Crippen LogP contribution in [-0.4, -0.2) is 46.7 Å². The first-order valence-electron chi connectivity index (χ1n) is 7.33. The molecule has 0 radical (unpaired) electrons. The predicted octanol–water partition coefficient (Wildman–Crippen LogP) is 1.31. The summed E-state index contributed by atoms with van der Waals surface area (Å²) in [4.78, 5) is 0. The second kappa shape index (κ2) is 7.92. The van der Waals surface area contributed by atoms with Crippen molar-refractivity contribution in [2.24, 2.45) is 0 Å². The Kier molecular flexibility index (Phi) is 6.19. The minimum atomic E-state index is -3.36. The highest BCUT2D eigenvalue weighted by molar-refractivity contribution is 7.90. The van der Waals surface area contributed by atoms with Gasteiger partial charge < -0.3 is 14.2 Å². The number of benzene rings is 1. The van der Waals surface area contributed by atoms with Gasteiger partial charge >= 0.3 is 0 Å². The van der Waals surface area contributed by atoms with Crippen molar-refractivity contribution in [3.63, 3.8) is 0 Å². The van der Waals surface area contributed by atoms with Gasteiger partial charge in [0.15, 0.2) is 0 Å². The third kappa shape index (κ3) is 4.67. The SMILES string of the molecule is COCCOc1ccc(CNS(=O)(=O)[C@H]2CCO[C@@H]2C)cc1. The normalized spacial score (nSPS) is 21.9. The van der Waals surface area contributed by atoms with Crippen LogP contribution in [0.2, 0.25) is 0 Å². The molecular weight excluding hydrogens is 306 g/mol. The van der Waals surface area contributed by atoms with E-state index in [9.17, 15) is 8.42 Å². The minimum Gasteiger partial charge on any atom is -0.491 e. The zero-order valence-electron chi connectivity index (χ0n) is 12.9. The molecule has 0 amide bonds. The maximum absolute atomic E-state index is 12.2. The van der Waals surface area contributed by atoms with Crippen LogP contribution in [-0.2, 0) is 26.0 Å². The first-order valence-corrected chi connectivity index (χ1v) is 8.88. The molecule has 1 aliphatic heterocycles. The highest BCUT2D eigenvalue weighted by atomic mass is 32.2. The molecule has 22 heavy (non-hydrogen) atoms. The molecule has 124 valence electrons. The zero-order valence-corrected chi connectivity index (χ0v) is 13.8. The molecule has 0 saturated carbocycles. The molecule has 1 aliphatic rings. The van der Waals surface area contributed by atoms with Crippen LogP contribution in [0.1, 0.15) is 18.9 Å². The quantitative estimate of drug-likeness (QED) is 0.728. The molecule has 1 N–H and O–H groups in total. The van der Waals surface area contributed by atoms with E-state index in [0.717, 1.165) is 11.3 Å². The van der Waals surface area contributed by atoms with Gasteiger partial charge in [0.25, 0.3) is 0 Å². The van der Waals surface area contributed by atoms with Gasteiger partial charge in [0.05, 0.1) is 12.7 Å². The molecule has 1 fully saturated rings. The van der Waals surface area contributed by atoms with E-state index < -0.39 is 15.3 Å². The maximum Gasteiger partial charge on any atom is 0.217 e. The number of hydrogen-bond donors (Lipinski definition) is 1. The van der Waals surface area contributed by atoms with Gasteiger partial charge in [0.2, 0.25) is 10.0 Å². The van der Waals surface area contributed by atoms with Gasteiger partial charge in [0, 0.05) is 20.3 Å². The van der Waals surface area contributed by atoms with Gasteiger partial charge in [-0.05, 0) is 31.0 Å². The van der Waals surface area contributed by atoms with E-state index in [1.165, 1.54) is 0 Å². The molecule has 1 aromatic carbocycles. The molecule has 0 spiro atoms. The standard InChI is InChI=1S/C15H23NO5S/c1-12-15(7-8-20-12)22(17,18)16-11-13-3-5-14(6-4-13)21-10-9-19-2/h3-6,12,15-16H,7-11H2,1-2H3/t12-,15+/m1/s1. The lowest BCUT2D eigenvalue weighted by atomic mass is 10.2. The van der Waals surface area contributed by atoms with Crippen LogP contribution in [0.3, 0.4) is 0 Å². The van der Waals surface area contributed by atoms with E-state index >= 15 is 0 Å². The number of sulfonamides is 1. The molecule has 1 heterocycles. The Labute approximate surface area is 131 Å². The van der Waals surface area contributed by atoms with Crippen molar-refractivity contribution >= 4 is 10.0 Å². The van der Waals surface area contributed by atoms with Crippen molar-refractivity contribution in [1.82, 2.24) is 4.72 Å². The number of hydrogen-bond acceptors (Lipinski definition) is 5. The summed E-state index contributed by atoms with van der Waals surface area (Å²) in [6.07, 6.45) is 0.289. The van der Waals surface area contributed by atoms with Crippen LogP contribution >= 0.6 is 0 Å². The van der Waals surface area contributed by atoms with Gasteiger partial charge in [0.1, 0.15) is 17.6 Å². The average molecular weight is 329 g/mol. The lowest BCUT2D eigenvalue weighted by molar-refractivity contribution is 0.126. The van der Waals surface area contributed by atoms with Crippen LogP contribution in [0, 0.1) is 0 Å². The van der Waals surface area contributed by atoms with E-state index in [1.807, 2.05) is 24.3 Å². The molecule has 0 aliphatic carbocycles. The first kappa shape index (κ1) is 17.2. The third-order valence-electron chi connectivity index (χ3n) is 3.66. The average Bonchev–Trinajstić information content (AvgIpc) is 2.94. The molecule has 2 atom stereocenters. The fourth-order valence-corrected chi connectivity index (χ4v) is 3.93. The van der Waals surface area contributed by atoms with Crippen molar-refractivity contribution in [2.75, 3.05) is 26.9 Å². The summed E-state index contributed by atoms with van der Waals surface area (Å²) in [6, 6.07) is 7.33. The summed E-state index contributed by atoms with van der Waals surface area (Å²) in [6.45, 7) is 3.58. The fraction of sp³-hybridized carbons (Fsp3) is 0.600. The Hall–Kier alpha value is -1.15. The van der Waals surface area contributed by atoms with Crippen molar-refractivity contribution < 1.29 is 22.6 Å². The summed E-state index contributed by atoms with van der Waals surface area (Å²) in [5.74, 6) is 0.737. The molecule has 0 unspecified atom stereocenters. The lowest BCUT2D eigenvalue weighted by Crippen LogP contribution is -2.37. The minimum absolute atomic E-state index is 0.255. The monoisotopic (exact) mass is 329 g/mol. The topological polar surface area (TPSA) is 73.9 Å². The Balaban J connectivity index is 1.86. The van der Waals surface area contributed by atoms with Crippen molar-refractivity contribution in [2.45, 2.75) is 31.2 Å². The molecular formula is C15H23NO5S. The number of rotatable bonds is 8. The molecule has 1 saturated heterocycles. The van der Waals surface area contributed by atoms with Gasteiger partial charge in [-0.1, -0.05) is 12.1 Å². The van der Waals surface area contributed by atoms with Crippen molar-refractivity contribution in [1.29, 1.82) is 0 Å². The molecule has 1 aromatic rings. The van der Waals surface area contributed by atoms with Crippen LogP contribution in [0.25, 0.3) is 0 Å². The molecule has 7 heteroatoms. The predicted molar refractivity (Wildman–Crippen MR) is 83.4 cm³/mol. The van der Waals surface area contributed by atoms with Crippen LogP contribution < -0.4 is 9.46 Å². The third-order valence-corrected chi connectivity index (χ3v) is 5.63. The zero-order chi connectivity index (χ0) is 16.0. The molecule has 0 aromatic heterocycles. The summed E-state index contributed by atoms with van der Waals surface area (Å²) >= 11 is 0. The number of nitrogens with one attached hydrogen (secondary N) is 1. The van der Waals surface area contributed by atoms with Crippen molar-refractivity contribution in [3.8, 4) is 5.75 Å². The Morgan fingerprint density at radius 1 is 1.27 bits per heavy atom. The first-order chi connectivity index (χ1) is 10.5. The van der Waals surface area contributed by atoms with Gasteiger partial charge in [-0.15, -0.1) is 0 Å². The van der Waals surface area contributed by atoms with E-state index in [1.54, 1.807) is 14.0 Å². The molecule has 2 rings (SSSR count). The highest BCUT2D eigenvalue weighted by Gasteiger charge is 2.35. The molecule has 0 bridgehead atoms. The van der Waals surface area contributed by atoms with Gasteiger partial charge in [-0.3, -0.25) is 0 Å². The molecule has 6 nitrogen and oxygen atoms in total. The van der Waals surface area contributed by atoms with E-state index in [2.05, 4.69) is 4.72 Å². The van der Waals surface area contributed by atoms with E-state index in [4.69, 9.17) is 14.2 Å². The van der Waals surface area contributed by atoms with Crippen LogP contribution in [0.5, 0.6) is 5.75 Å². The van der Waals surface area contributed by atoms with Crippen LogP contribution in [0.4, 0.5) is 0 Å². The second-order valence-electron chi connectivity index (χ2n) is 5.25. The van der Waals surface area contributed by atoms with Gasteiger partial charge in [-0.2, -0.15) is 0 Å². The van der Waals surface area contributed by atoms with E-state index in [0.29, 0.717) is 26.2 Å². The number of ether oxygens (including phenoxy) is 3. The van der Waals surface area contributed by atoms with E-state index in [-0.39, 0.29) is 12.6 Å². The highest BCUT2D eigenvalue weighted by Crippen LogP contribution is 2.20. The Morgan fingerprint density at radius 2 is 2.00 bits per heavy atom. The lowest BCUT2D eigenvalue weighted by Gasteiger charge is -2.16. The summed E-state index contributed by atoms with van der Waals surface area (Å²) < 4.78 is 42.8. The second-order valence-corrected chi connectivity index (χ2v) is 7.24. The van der Waals surface area contributed by atoms with Gasteiger partial charge in [-0.25, -0.2) is 13.1 Å². The largest absolute Gasteiger partial charge is 0.491 e. The summed E-state index contributed by atoms with van der Waals surface area (Å²) in [5.41, 5.74) is 0.884. The van der Waals surface area contributed by atoms with Crippen LogP contribution in [0.15, 0.2) is 24.3 Å². The Bertz CT molecular complexity index is 558. The fourth-order valence-electron chi connectivity index (χ4n) is 2.36. The summed E-state index contributed by atoms with van der Waals surface area (Å²) in [7, 11) is -1.74. The number of methoxy groups -OCH3 is 1.